The average molecular weight is 458 g/mol. The van der Waals surface area contributed by atoms with E-state index in [1.165, 1.54) is 23.3 Å². The molecule has 0 aromatic heterocycles. The summed E-state index contributed by atoms with van der Waals surface area (Å²) in [4.78, 5) is 15.7. The van der Waals surface area contributed by atoms with Crippen molar-refractivity contribution in [2.75, 3.05) is 19.7 Å². The first-order valence-corrected chi connectivity index (χ1v) is 11.8. The van der Waals surface area contributed by atoms with Crippen molar-refractivity contribution in [3.05, 3.63) is 101 Å². The van der Waals surface area contributed by atoms with Gasteiger partial charge in [-0.1, -0.05) is 48.5 Å². The van der Waals surface area contributed by atoms with E-state index in [1.54, 1.807) is 17.1 Å². The number of halogens is 1. The molecule has 5 nitrogen and oxygen atoms in total. The van der Waals surface area contributed by atoms with E-state index in [0.717, 1.165) is 42.1 Å². The number of amides is 1. The van der Waals surface area contributed by atoms with Crippen LogP contribution in [-0.4, -0.2) is 41.2 Å². The summed E-state index contributed by atoms with van der Waals surface area (Å²) in [6.07, 6.45) is 1.52. The van der Waals surface area contributed by atoms with Gasteiger partial charge in [-0.3, -0.25) is 9.69 Å². The van der Waals surface area contributed by atoms with Crippen LogP contribution in [0, 0.1) is 5.82 Å². The van der Waals surface area contributed by atoms with Crippen molar-refractivity contribution in [2.24, 2.45) is 5.10 Å². The lowest BCUT2D eigenvalue weighted by Gasteiger charge is -2.30. The van der Waals surface area contributed by atoms with Crippen molar-refractivity contribution in [2.45, 2.75) is 32.4 Å². The summed E-state index contributed by atoms with van der Waals surface area (Å²) < 4.78 is 19.0. The molecule has 5 rings (SSSR count). The fourth-order valence-corrected chi connectivity index (χ4v) is 4.72. The lowest BCUT2D eigenvalue weighted by molar-refractivity contribution is -0.134. The number of carbonyl (C=O) groups excluding carboxylic acids is 1. The number of hydrogen-bond donors (Lipinski definition) is 0. The maximum absolute atomic E-state index is 13.5. The first-order chi connectivity index (χ1) is 16.6. The number of ether oxygens (including phenoxy) is 1. The van der Waals surface area contributed by atoms with Crippen molar-refractivity contribution in [3.8, 4) is 5.75 Å². The Morgan fingerprint density at radius 2 is 1.76 bits per heavy atom. The van der Waals surface area contributed by atoms with Gasteiger partial charge in [0.2, 0.25) is 0 Å². The molecule has 0 saturated carbocycles. The molecule has 0 fully saturated rings. The van der Waals surface area contributed by atoms with E-state index in [0.29, 0.717) is 19.6 Å². The van der Waals surface area contributed by atoms with Crippen molar-refractivity contribution >= 4 is 11.6 Å². The summed E-state index contributed by atoms with van der Waals surface area (Å²) in [6.45, 7) is 4.47. The number of fused-ring (bicyclic) bond motifs is 1. The minimum absolute atomic E-state index is 0.0321. The van der Waals surface area contributed by atoms with Gasteiger partial charge in [-0.2, -0.15) is 5.10 Å². The van der Waals surface area contributed by atoms with Crippen molar-refractivity contribution in [3.63, 3.8) is 0 Å². The Balaban J connectivity index is 1.38. The number of hydrazone groups is 1. The first-order valence-electron chi connectivity index (χ1n) is 11.8. The van der Waals surface area contributed by atoms with Crippen LogP contribution in [0.1, 0.15) is 41.6 Å². The molecule has 174 valence electrons. The van der Waals surface area contributed by atoms with Gasteiger partial charge >= 0.3 is 0 Å². The van der Waals surface area contributed by atoms with E-state index < -0.39 is 0 Å². The topological polar surface area (TPSA) is 45.1 Å². The summed E-state index contributed by atoms with van der Waals surface area (Å²) in [5.74, 6) is 0.480. The Labute approximate surface area is 199 Å². The molecule has 2 aliphatic rings. The van der Waals surface area contributed by atoms with Gasteiger partial charge < -0.3 is 4.74 Å². The van der Waals surface area contributed by atoms with Crippen LogP contribution in [0.2, 0.25) is 0 Å². The van der Waals surface area contributed by atoms with E-state index in [9.17, 15) is 9.18 Å². The molecule has 1 amide bonds. The molecule has 0 radical (unpaired) electrons. The molecule has 3 aromatic rings. The third-order valence-corrected chi connectivity index (χ3v) is 6.49. The second-order valence-corrected chi connectivity index (χ2v) is 8.74. The van der Waals surface area contributed by atoms with Crippen LogP contribution in [0.5, 0.6) is 5.75 Å². The lowest BCUT2D eigenvalue weighted by atomic mass is 9.98. The predicted octanol–water partition coefficient (Wildman–Crippen LogP) is 4.96. The van der Waals surface area contributed by atoms with Crippen LogP contribution in [0.3, 0.4) is 0 Å². The molecule has 0 spiro atoms. The van der Waals surface area contributed by atoms with Crippen LogP contribution in [0.25, 0.3) is 0 Å². The van der Waals surface area contributed by atoms with Gasteiger partial charge in [-0.05, 0) is 59.9 Å². The van der Waals surface area contributed by atoms with Crippen LogP contribution in [-0.2, 0) is 17.8 Å². The number of benzene rings is 3. The summed E-state index contributed by atoms with van der Waals surface area (Å²) in [5, 5.41) is 6.35. The lowest BCUT2D eigenvalue weighted by Crippen LogP contribution is -2.40. The Morgan fingerprint density at radius 3 is 2.50 bits per heavy atom. The van der Waals surface area contributed by atoms with Crippen LogP contribution in [0.4, 0.5) is 4.39 Å². The second-order valence-electron chi connectivity index (χ2n) is 8.74. The van der Waals surface area contributed by atoms with Gasteiger partial charge in [-0.25, -0.2) is 9.40 Å². The van der Waals surface area contributed by atoms with E-state index in [-0.39, 0.29) is 17.8 Å². The molecule has 0 N–H and O–H groups in total. The summed E-state index contributed by atoms with van der Waals surface area (Å²) in [5.41, 5.74) is 5.26. The summed E-state index contributed by atoms with van der Waals surface area (Å²) in [6, 6.07) is 22.4. The highest BCUT2D eigenvalue weighted by Crippen LogP contribution is 2.34. The zero-order valence-electron chi connectivity index (χ0n) is 19.3. The average Bonchev–Trinajstić information content (AvgIpc) is 3.31. The molecular weight excluding hydrogens is 429 g/mol. The maximum Gasteiger partial charge on any atom is 0.257 e. The van der Waals surface area contributed by atoms with Gasteiger partial charge in [0.15, 0.2) is 0 Å². The van der Waals surface area contributed by atoms with Gasteiger partial charge in [-0.15, -0.1) is 0 Å². The minimum atomic E-state index is -0.288. The first kappa shape index (κ1) is 22.3. The Bertz CT molecular complexity index is 1190. The smallest absolute Gasteiger partial charge is 0.257 e. The molecule has 3 aromatic carbocycles. The third-order valence-electron chi connectivity index (χ3n) is 6.49. The van der Waals surface area contributed by atoms with Crippen molar-refractivity contribution in [1.29, 1.82) is 0 Å². The molecule has 0 saturated heterocycles. The van der Waals surface area contributed by atoms with Gasteiger partial charge in [0, 0.05) is 19.5 Å². The molecule has 0 aliphatic carbocycles. The minimum Gasteiger partial charge on any atom is -0.494 e. The molecule has 2 aliphatic heterocycles. The third kappa shape index (κ3) is 4.73. The monoisotopic (exact) mass is 457 g/mol. The van der Waals surface area contributed by atoms with E-state index in [2.05, 4.69) is 23.1 Å². The zero-order chi connectivity index (χ0) is 23.5. The highest BCUT2D eigenvalue weighted by atomic mass is 19.1. The van der Waals surface area contributed by atoms with Crippen molar-refractivity contribution < 1.29 is 13.9 Å². The van der Waals surface area contributed by atoms with Crippen LogP contribution < -0.4 is 4.74 Å². The van der Waals surface area contributed by atoms with E-state index >= 15 is 0 Å². The Morgan fingerprint density at radius 1 is 1.03 bits per heavy atom. The van der Waals surface area contributed by atoms with Gasteiger partial charge in [0.05, 0.1) is 24.9 Å². The predicted molar refractivity (Wildman–Crippen MR) is 130 cm³/mol. The van der Waals surface area contributed by atoms with Crippen molar-refractivity contribution in [1.82, 2.24) is 9.91 Å². The summed E-state index contributed by atoms with van der Waals surface area (Å²) in [7, 11) is 0. The largest absolute Gasteiger partial charge is 0.494 e. The van der Waals surface area contributed by atoms with Gasteiger partial charge in [0.25, 0.3) is 5.91 Å². The Hall–Kier alpha value is -3.51. The molecule has 6 heteroatoms. The highest BCUT2D eigenvalue weighted by Gasteiger charge is 2.34. The second kappa shape index (κ2) is 9.77. The number of nitrogens with zero attached hydrogens (tertiary/aromatic N) is 3. The standard InChI is InChI=1S/C28H28FN3O2/c1-2-34-25-13-9-22(10-14-25)27-17-26(21-7-11-24(29)12-8-21)30-32(27)28(33)19-31-16-15-20-5-3-4-6-23(20)18-31/h3-14,27H,2,15-19H2,1H3/t27-/m1/s1. The zero-order valence-corrected chi connectivity index (χ0v) is 19.3. The SMILES string of the molecule is CCOc1ccc([C@H]2CC(c3ccc(F)cc3)=NN2C(=O)CN2CCc3ccccc3C2)cc1. The quantitative estimate of drug-likeness (QED) is 0.526. The summed E-state index contributed by atoms with van der Waals surface area (Å²) >= 11 is 0. The molecule has 2 heterocycles. The van der Waals surface area contributed by atoms with Crippen LogP contribution in [0.15, 0.2) is 77.9 Å². The molecule has 1 atom stereocenters. The molecule has 0 unspecified atom stereocenters. The number of carbonyl (C=O) groups is 1. The van der Waals surface area contributed by atoms with E-state index in [1.807, 2.05) is 37.3 Å². The maximum atomic E-state index is 13.5. The fourth-order valence-electron chi connectivity index (χ4n) is 4.72. The Kier molecular flexibility index (Phi) is 6.41. The van der Waals surface area contributed by atoms with E-state index in [4.69, 9.17) is 9.84 Å². The molecule has 0 bridgehead atoms. The highest BCUT2D eigenvalue weighted by molar-refractivity contribution is 6.03. The number of hydrogen-bond acceptors (Lipinski definition) is 4. The van der Waals surface area contributed by atoms with Gasteiger partial charge in [0.1, 0.15) is 11.6 Å². The van der Waals surface area contributed by atoms with Crippen LogP contribution >= 0.6 is 0 Å². The number of rotatable bonds is 6. The molecule has 34 heavy (non-hydrogen) atoms. The normalized spacial score (nSPS) is 17.9. The molecular formula is C28H28FN3O2. The fraction of sp³-hybridized carbons (Fsp3) is 0.286.